The first-order valence-corrected chi connectivity index (χ1v) is 5.93. The lowest BCUT2D eigenvalue weighted by molar-refractivity contribution is -0.642. The smallest absolute Gasteiger partial charge is 0.348 e. The number of aryl methyl sites for hydroxylation is 1. The van der Waals surface area contributed by atoms with Crippen LogP contribution in [0.2, 0.25) is 0 Å². The molecule has 0 aliphatic carbocycles. The van der Waals surface area contributed by atoms with Crippen molar-refractivity contribution in [2.75, 3.05) is 14.1 Å². The van der Waals surface area contributed by atoms with Crippen molar-refractivity contribution in [2.45, 2.75) is 6.92 Å². The number of hydrogen-bond donors (Lipinski definition) is 1. The standard InChI is InChI=1S/C14H15N5/c1-11-4-6-13(7-5-11)19-14(16-10-18(2)3)12(8-15)9-17-19/h4-7,9-10H,1-3H3/p+1. The van der Waals surface area contributed by atoms with Gasteiger partial charge < -0.3 is 4.90 Å². The molecule has 0 radical (unpaired) electrons. The fourth-order valence-corrected chi connectivity index (χ4v) is 1.65. The molecule has 0 unspecified atom stereocenters. The molecule has 1 aromatic carbocycles. The zero-order valence-corrected chi connectivity index (χ0v) is 11.3. The van der Waals surface area contributed by atoms with Gasteiger partial charge in [-0.1, -0.05) is 17.7 Å². The number of hydrogen-bond acceptors (Lipinski definition) is 2. The maximum Gasteiger partial charge on any atom is 0.368 e. The summed E-state index contributed by atoms with van der Waals surface area (Å²) in [6.45, 7) is 2.04. The van der Waals surface area contributed by atoms with Crippen molar-refractivity contribution in [1.29, 1.82) is 5.26 Å². The molecule has 0 saturated carbocycles. The largest absolute Gasteiger partial charge is 0.368 e. The highest BCUT2D eigenvalue weighted by atomic mass is 15.3. The number of aromatic nitrogens is 2. The van der Waals surface area contributed by atoms with Gasteiger partial charge in [0.05, 0.1) is 6.20 Å². The molecule has 5 nitrogen and oxygen atoms in total. The topological polar surface area (TPSA) is 59.1 Å². The molecule has 2 rings (SSSR count). The first-order chi connectivity index (χ1) is 9.11. The second kappa shape index (κ2) is 5.36. The Morgan fingerprint density at radius 1 is 1.32 bits per heavy atom. The Morgan fingerprint density at radius 3 is 2.58 bits per heavy atom. The van der Waals surface area contributed by atoms with Crippen LogP contribution in [0.15, 0.2) is 35.5 Å². The third-order valence-corrected chi connectivity index (χ3v) is 2.61. The minimum Gasteiger partial charge on any atom is -0.348 e. The molecule has 0 saturated heterocycles. The molecule has 2 aromatic rings. The van der Waals surface area contributed by atoms with Gasteiger partial charge in [0.1, 0.15) is 6.07 Å². The minimum atomic E-state index is 0.513. The predicted molar refractivity (Wildman–Crippen MR) is 73.6 cm³/mol. The summed E-state index contributed by atoms with van der Waals surface area (Å²) in [7, 11) is 3.77. The first kappa shape index (κ1) is 12.8. The normalized spacial score (nSPS) is 10.6. The molecule has 0 aliphatic rings. The van der Waals surface area contributed by atoms with Crippen LogP contribution in [0, 0.1) is 18.3 Å². The number of aromatic amines is 1. The molecule has 0 fully saturated rings. The van der Waals surface area contributed by atoms with E-state index in [-0.39, 0.29) is 0 Å². The summed E-state index contributed by atoms with van der Waals surface area (Å²) in [5, 5.41) is 12.2. The summed E-state index contributed by atoms with van der Waals surface area (Å²) in [6.07, 6.45) is 3.33. The number of nitrogens with one attached hydrogen (secondary N) is 1. The number of aliphatic imine (C=N–C) groups is 1. The fraction of sp³-hybridized carbons (Fsp3) is 0.214. The van der Waals surface area contributed by atoms with Crippen molar-refractivity contribution in [3.63, 3.8) is 0 Å². The summed E-state index contributed by atoms with van der Waals surface area (Å²) in [4.78, 5) is 6.17. The fourth-order valence-electron chi connectivity index (χ4n) is 1.65. The van der Waals surface area contributed by atoms with Crippen molar-refractivity contribution in [2.24, 2.45) is 4.99 Å². The van der Waals surface area contributed by atoms with E-state index in [0.29, 0.717) is 11.4 Å². The van der Waals surface area contributed by atoms with Crippen molar-refractivity contribution in [3.05, 3.63) is 41.6 Å². The summed E-state index contributed by atoms with van der Waals surface area (Å²) in [5.41, 5.74) is 2.64. The molecule has 0 bridgehead atoms. The molecule has 0 amide bonds. The molecule has 96 valence electrons. The minimum absolute atomic E-state index is 0.513. The molecule has 1 N–H and O–H groups in total. The van der Waals surface area contributed by atoms with Crippen LogP contribution in [0.1, 0.15) is 11.1 Å². The van der Waals surface area contributed by atoms with E-state index >= 15 is 0 Å². The summed E-state index contributed by atoms with van der Waals surface area (Å²) < 4.78 is 1.79. The molecule has 19 heavy (non-hydrogen) atoms. The molecule has 1 heterocycles. The zero-order chi connectivity index (χ0) is 13.8. The van der Waals surface area contributed by atoms with Crippen LogP contribution < -0.4 is 4.68 Å². The number of benzene rings is 1. The Hall–Kier alpha value is -2.61. The summed E-state index contributed by atoms with van der Waals surface area (Å²) in [5.74, 6) is 0.597. The number of nitriles is 1. The van der Waals surface area contributed by atoms with Gasteiger partial charge in [-0.3, -0.25) is 0 Å². The predicted octanol–water partition coefficient (Wildman–Crippen LogP) is 1.69. The Morgan fingerprint density at radius 2 is 2.00 bits per heavy atom. The van der Waals surface area contributed by atoms with E-state index in [1.54, 1.807) is 17.2 Å². The van der Waals surface area contributed by atoms with Gasteiger partial charge in [0.2, 0.25) is 6.34 Å². The van der Waals surface area contributed by atoms with Crippen LogP contribution in [0.4, 0.5) is 5.82 Å². The van der Waals surface area contributed by atoms with Crippen LogP contribution in [0.25, 0.3) is 5.69 Å². The average Bonchev–Trinajstić information content (AvgIpc) is 2.80. The van der Waals surface area contributed by atoms with Gasteiger partial charge in [0.25, 0.3) is 0 Å². The number of nitrogens with zero attached hydrogens (tertiary/aromatic N) is 4. The van der Waals surface area contributed by atoms with E-state index in [2.05, 4.69) is 16.2 Å². The highest BCUT2D eigenvalue weighted by molar-refractivity contribution is 5.60. The van der Waals surface area contributed by atoms with E-state index in [1.165, 1.54) is 5.56 Å². The number of H-pyrrole nitrogens is 1. The Balaban J connectivity index is 2.49. The summed E-state index contributed by atoms with van der Waals surface area (Å²) >= 11 is 0. The second-order valence-electron chi connectivity index (χ2n) is 4.50. The van der Waals surface area contributed by atoms with Crippen LogP contribution >= 0.6 is 0 Å². The maximum atomic E-state index is 9.12. The third kappa shape index (κ3) is 2.80. The molecule has 0 spiro atoms. The van der Waals surface area contributed by atoms with Crippen molar-refractivity contribution in [1.82, 2.24) is 10.00 Å². The van der Waals surface area contributed by atoms with E-state index in [9.17, 15) is 0 Å². The molecule has 1 aromatic heterocycles. The lowest BCUT2D eigenvalue weighted by atomic mass is 10.2. The number of rotatable bonds is 3. The van der Waals surface area contributed by atoms with Crippen molar-refractivity contribution in [3.8, 4) is 11.8 Å². The maximum absolute atomic E-state index is 9.12. The molecular weight excluding hydrogens is 238 g/mol. The highest BCUT2D eigenvalue weighted by Crippen LogP contribution is 2.14. The van der Waals surface area contributed by atoms with E-state index in [4.69, 9.17) is 5.26 Å². The van der Waals surface area contributed by atoms with Gasteiger partial charge in [0.15, 0.2) is 11.3 Å². The average molecular weight is 254 g/mol. The third-order valence-electron chi connectivity index (χ3n) is 2.61. The molecule has 0 atom stereocenters. The van der Waals surface area contributed by atoms with Gasteiger partial charge in [-0.15, -0.1) is 4.68 Å². The van der Waals surface area contributed by atoms with E-state index < -0.39 is 0 Å². The van der Waals surface area contributed by atoms with Crippen molar-refractivity contribution >= 4 is 12.2 Å². The lowest BCUT2D eigenvalue weighted by Gasteiger charge is -1.99. The summed E-state index contributed by atoms with van der Waals surface area (Å²) in [6, 6.07) is 10.2. The SMILES string of the molecule is Cc1ccc(-[n+]2[nH]cc(C#N)c2N=CN(C)C)cc1. The lowest BCUT2D eigenvalue weighted by Crippen LogP contribution is -2.32. The monoisotopic (exact) mass is 254 g/mol. The van der Waals surface area contributed by atoms with Crippen LogP contribution in [0.3, 0.4) is 0 Å². The van der Waals surface area contributed by atoms with Gasteiger partial charge in [-0.2, -0.15) is 5.26 Å². The van der Waals surface area contributed by atoms with Crippen LogP contribution in [-0.4, -0.2) is 30.4 Å². The van der Waals surface area contributed by atoms with Gasteiger partial charge >= 0.3 is 5.82 Å². The first-order valence-electron chi connectivity index (χ1n) is 5.93. The molecule has 5 heteroatoms. The Kier molecular flexibility index (Phi) is 3.62. The van der Waals surface area contributed by atoms with Crippen LogP contribution in [0.5, 0.6) is 0 Å². The highest BCUT2D eigenvalue weighted by Gasteiger charge is 2.19. The quantitative estimate of drug-likeness (QED) is 0.515. The van der Waals surface area contributed by atoms with Crippen LogP contribution in [-0.2, 0) is 0 Å². The molecule has 0 aliphatic heterocycles. The Bertz CT molecular complexity index is 629. The Labute approximate surface area is 112 Å². The van der Waals surface area contributed by atoms with E-state index in [0.717, 1.165) is 5.69 Å². The zero-order valence-electron chi connectivity index (χ0n) is 11.3. The second-order valence-corrected chi connectivity index (χ2v) is 4.50. The van der Waals surface area contributed by atoms with Gasteiger partial charge in [-0.05, 0) is 24.0 Å². The van der Waals surface area contributed by atoms with Gasteiger partial charge in [-0.25, -0.2) is 5.10 Å². The van der Waals surface area contributed by atoms with Gasteiger partial charge in [0, 0.05) is 14.1 Å². The van der Waals surface area contributed by atoms with Crippen molar-refractivity contribution < 1.29 is 4.68 Å². The van der Waals surface area contributed by atoms with E-state index in [1.807, 2.05) is 50.2 Å². The molecular formula is C14H16N5+.